The summed E-state index contributed by atoms with van der Waals surface area (Å²) in [7, 11) is 0. The summed E-state index contributed by atoms with van der Waals surface area (Å²) in [6.07, 6.45) is 10.6. The SMILES string of the molecule is CSCCC1(C(=O)O)CCCCCCC1. The maximum absolute atomic E-state index is 11.4. The third kappa shape index (κ3) is 3.71. The molecular weight excluding hydrogens is 208 g/mol. The van der Waals surface area contributed by atoms with Gasteiger partial charge in [0.05, 0.1) is 5.41 Å². The van der Waals surface area contributed by atoms with Crippen LogP contribution in [0.4, 0.5) is 0 Å². The molecule has 2 nitrogen and oxygen atoms in total. The van der Waals surface area contributed by atoms with Gasteiger partial charge >= 0.3 is 5.97 Å². The molecule has 0 aliphatic heterocycles. The molecule has 1 aliphatic rings. The summed E-state index contributed by atoms with van der Waals surface area (Å²) < 4.78 is 0. The Hall–Kier alpha value is -0.180. The summed E-state index contributed by atoms with van der Waals surface area (Å²) in [5.41, 5.74) is -0.399. The number of aliphatic carboxylic acids is 1. The van der Waals surface area contributed by atoms with E-state index in [4.69, 9.17) is 0 Å². The first-order valence-electron chi connectivity index (χ1n) is 5.94. The molecule has 0 radical (unpaired) electrons. The molecule has 0 aromatic carbocycles. The molecule has 1 N–H and O–H groups in total. The molecule has 1 saturated carbocycles. The van der Waals surface area contributed by atoms with E-state index >= 15 is 0 Å². The van der Waals surface area contributed by atoms with E-state index in [1.165, 1.54) is 19.3 Å². The molecular formula is C12H22O2S. The fourth-order valence-electron chi connectivity index (χ4n) is 2.45. The summed E-state index contributed by atoms with van der Waals surface area (Å²) in [6.45, 7) is 0. The predicted molar refractivity (Wildman–Crippen MR) is 65.4 cm³/mol. The average Bonchev–Trinajstić information content (AvgIpc) is 2.16. The van der Waals surface area contributed by atoms with Crippen LogP contribution in [0.2, 0.25) is 0 Å². The van der Waals surface area contributed by atoms with E-state index in [9.17, 15) is 9.90 Å². The molecule has 15 heavy (non-hydrogen) atoms. The molecule has 1 rings (SSSR count). The maximum atomic E-state index is 11.4. The van der Waals surface area contributed by atoms with E-state index in [-0.39, 0.29) is 0 Å². The molecule has 3 heteroatoms. The van der Waals surface area contributed by atoms with Gasteiger partial charge in [0.25, 0.3) is 0 Å². The van der Waals surface area contributed by atoms with Crippen molar-refractivity contribution in [2.75, 3.05) is 12.0 Å². The van der Waals surface area contributed by atoms with Crippen LogP contribution in [0.3, 0.4) is 0 Å². The molecule has 1 aliphatic carbocycles. The Balaban J connectivity index is 2.62. The normalized spacial score (nSPS) is 21.7. The van der Waals surface area contributed by atoms with Crippen molar-refractivity contribution in [2.45, 2.75) is 51.4 Å². The summed E-state index contributed by atoms with van der Waals surface area (Å²) in [5, 5.41) is 9.42. The first-order valence-corrected chi connectivity index (χ1v) is 7.33. The number of carbonyl (C=O) groups is 1. The van der Waals surface area contributed by atoms with Gasteiger partial charge < -0.3 is 5.11 Å². The van der Waals surface area contributed by atoms with Crippen molar-refractivity contribution in [3.05, 3.63) is 0 Å². The molecule has 0 bridgehead atoms. The molecule has 0 spiro atoms. The van der Waals surface area contributed by atoms with Gasteiger partial charge in [-0.25, -0.2) is 0 Å². The molecule has 0 aromatic heterocycles. The van der Waals surface area contributed by atoms with Crippen molar-refractivity contribution in [3.8, 4) is 0 Å². The van der Waals surface area contributed by atoms with Crippen molar-refractivity contribution in [3.63, 3.8) is 0 Å². The largest absolute Gasteiger partial charge is 0.481 e. The molecule has 0 amide bonds. The molecule has 0 aromatic rings. The number of rotatable bonds is 4. The van der Waals surface area contributed by atoms with Crippen molar-refractivity contribution < 1.29 is 9.90 Å². The smallest absolute Gasteiger partial charge is 0.309 e. The predicted octanol–water partition coefficient (Wildman–Crippen LogP) is 3.55. The molecule has 0 heterocycles. The number of hydrogen-bond donors (Lipinski definition) is 1. The minimum absolute atomic E-state index is 0.399. The fraction of sp³-hybridized carbons (Fsp3) is 0.917. The minimum atomic E-state index is -0.557. The third-order valence-electron chi connectivity index (χ3n) is 3.55. The van der Waals surface area contributed by atoms with Gasteiger partial charge in [0.2, 0.25) is 0 Å². The van der Waals surface area contributed by atoms with Gasteiger partial charge in [-0.15, -0.1) is 0 Å². The Labute approximate surface area is 96.8 Å². The van der Waals surface area contributed by atoms with Crippen molar-refractivity contribution >= 4 is 17.7 Å². The zero-order chi connectivity index (χ0) is 11.1. The molecule has 0 unspecified atom stereocenters. The number of carboxylic acids is 1. The Bertz CT molecular complexity index is 190. The highest BCUT2D eigenvalue weighted by Gasteiger charge is 2.37. The van der Waals surface area contributed by atoms with E-state index in [0.717, 1.165) is 37.9 Å². The number of hydrogen-bond acceptors (Lipinski definition) is 2. The van der Waals surface area contributed by atoms with Gasteiger partial charge in [0.15, 0.2) is 0 Å². The summed E-state index contributed by atoms with van der Waals surface area (Å²) >= 11 is 1.76. The van der Waals surface area contributed by atoms with Crippen molar-refractivity contribution in [2.24, 2.45) is 5.41 Å². The highest BCUT2D eigenvalue weighted by molar-refractivity contribution is 7.98. The van der Waals surface area contributed by atoms with Crippen LogP contribution in [-0.2, 0) is 4.79 Å². The van der Waals surface area contributed by atoms with Gasteiger partial charge in [-0.2, -0.15) is 11.8 Å². The lowest BCUT2D eigenvalue weighted by molar-refractivity contribution is -0.150. The van der Waals surface area contributed by atoms with E-state index < -0.39 is 11.4 Å². The number of thioether (sulfide) groups is 1. The van der Waals surface area contributed by atoms with Crippen LogP contribution in [0.15, 0.2) is 0 Å². The van der Waals surface area contributed by atoms with Crippen LogP contribution < -0.4 is 0 Å². The van der Waals surface area contributed by atoms with E-state index in [1.807, 2.05) is 0 Å². The van der Waals surface area contributed by atoms with Crippen LogP contribution in [0, 0.1) is 5.41 Å². The quantitative estimate of drug-likeness (QED) is 0.802. The van der Waals surface area contributed by atoms with E-state index in [0.29, 0.717) is 0 Å². The number of carboxylic acid groups (broad SMARTS) is 1. The average molecular weight is 230 g/mol. The van der Waals surface area contributed by atoms with Crippen molar-refractivity contribution in [1.82, 2.24) is 0 Å². The minimum Gasteiger partial charge on any atom is -0.481 e. The van der Waals surface area contributed by atoms with Gasteiger partial charge in [0, 0.05) is 0 Å². The fourth-order valence-corrected chi connectivity index (χ4v) is 3.05. The second-order valence-electron chi connectivity index (χ2n) is 4.60. The summed E-state index contributed by atoms with van der Waals surface area (Å²) in [4.78, 5) is 11.4. The second kappa shape index (κ2) is 6.41. The van der Waals surface area contributed by atoms with Crippen LogP contribution in [-0.4, -0.2) is 23.1 Å². The van der Waals surface area contributed by atoms with Crippen LogP contribution in [0.1, 0.15) is 51.4 Å². The van der Waals surface area contributed by atoms with Gasteiger partial charge in [-0.05, 0) is 31.3 Å². The standard InChI is InChI=1S/C12H22O2S/c1-15-10-9-12(11(13)14)7-5-3-2-4-6-8-12/h2-10H2,1H3,(H,13,14). The topological polar surface area (TPSA) is 37.3 Å². The molecule has 0 atom stereocenters. The highest BCUT2D eigenvalue weighted by Crippen LogP contribution is 2.38. The zero-order valence-electron chi connectivity index (χ0n) is 9.63. The monoisotopic (exact) mass is 230 g/mol. The van der Waals surface area contributed by atoms with Gasteiger partial charge in [0.1, 0.15) is 0 Å². The highest BCUT2D eigenvalue weighted by atomic mass is 32.2. The van der Waals surface area contributed by atoms with Gasteiger partial charge in [-0.3, -0.25) is 4.79 Å². The second-order valence-corrected chi connectivity index (χ2v) is 5.58. The van der Waals surface area contributed by atoms with Gasteiger partial charge in [-0.1, -0.05) is 32.1 Å². The molecule has 88 valence electrons. The van der Waals surface area contributed by atoms with Crippen LogP contribution in [0.5, 0.6) is 0 Å². The van der Waals surface area contributed by atoms with E-state index in [2.05, 4.69) is 6.26 Å². The molecule has 0 saturated heterocycles. The lowest BCUT2D eigenvalue weighted by Crippen LogP contribution is -2.32. The van der Waals surface area contributed by atoms with Crippen LogP contribution >= 0.6 is 11.8 Å². The Morgan fingerprint density at radius 1 is 1.20 bits per heavy atom. The van der Waals surface area contributed by atoms with Crippen molar-refractivity contribution in [1.29, 1.82) is 0 Å². The lowest BCUT2D eigenvalue weighted by atomic mass is 9.74. The Morgan fingerprint density at radius 3 is 2.20 bits per heavy atom. The third-order valence-corrected chi connectivity index (χ3v) is 4.16. The Kier molecular flexibility index (Phi) is 5.51. The summed E-state index contributed by atoms with van der Waals surface area (Å²) in [5.74, 6) is 0.421. The lowest BCUT2D eigenvalue weighted by Gasteiger charge is -2.31. The van der Waals surface area contributed by atoms with E-state index in [1.54, 1.807) is 11.8 Å². The maximum Gasteiger partial charge on any atom is 0.309 e. The first-order chi connectivity index (χ1) is 7.21. The first kappa shape index (κ1) is 12.9. The van der Waals surface area contributed by atoms with Crippen LogP contribution in [0.25, 0.3) is 0 Å². The Morgan fingerprint density at radius 2 is 1.73 bits per heavy atom. The summed E-state index contributed by atoms with van der Waals surface area (Å²) in [6, 6.07) is 0. The zero-order valence-corrected chi connectivity index (χ0v) is 10.4. The molecule has 1 fully saturated rings.